The minimum atomic E-state index is -4.77. The zero-order valence-electron chi connectivity index (χ0n) is 9.15. The van der Waals surface area contributed by atoms with E-state index in [1.54, 1.807) is 0 Å². The van der Waals surface area contributed by atoms with Crippen molar-refractivity contribution < 1.29 is 21.6 Å². The van der Waals surface area contributed by atoms with Crippen molar-refractivity contribution in [1.29, 1.82) is 0 Å². The first-order chi connectivity index (χ1) is 8.59. The van der Waals surface area contributed by atoms with E-state index in [2.05, 4.69) is 4.98 Å². The monoisotopic (exact) mass is 292 g/mol. The number of primary sulfonamides is 1. The standard InChI is InChI=1S/C10H7F3N2O3S/c11-10(12,13)7-4-9(16)15-8-2-1-5(3-6(7)8)19(14,17)18/h1-4H,(H,15,16)(H2,14,17,18). The molecule has 5 nitrogen and oxygen atoms in total. The average molecular weight is 292 g/mol. The highest BCUT2D eigenvalue weighted by molar-refractivity contribution is 7.89. The lowest BCUT2D eigenvalue weighted by Crippen LogP contribution is -2.16. The Morgan fingerprint density at radius 3 is 2.32 bits per heavy atom. The van der Waals surface area contributed by atoms with Gasteiger partial charge in [-0.3, -0.25) is 4.79 Å². The number of pyridine rings is 1. The highest BCUT2D eigenvalue weighted by Crippen LogP contribution is 2.33. The number of nitrogens with two attached hydrogens (primary N) is 1. The molecule has 1 aromatic carbocycles. The number of hydrogen-bond acceptors (Lipinski definition) is 3. The lowest BCUT2D eigenvalue weighted by Gasteiger charge is -2.10. The highest BCUT2D eigenvalue weighted by Gasteiger charge is 2.33. The molecule has 0 bridgehead atoms. The number of fused-ring (bicyclic) bond motifs is 1. The zero-order valence-corrected chi connectivity index (χ0v) is 9.97. The highest BCUT2D eigenvalue weighted by atomic mass is 32.2. The summed E-state index contributed by atoms with van der Waals surface area (Å²) in [5, 5.41) is 4.42. The predicted octanol–water partition coefficient (Wildman–Crippen LogP) is 1.19. The molecule has 0 saturated carbocycles. The molecule has 0 aliphatic carbocycles. The number of aromatic amines is 1. The van der Waals surface area contributed by atoms with Crippen LogP contribution in [-0.4, -0.2) is 13.4 Å². The fourth-order valence-electron chi connectivity index (χ4n) is 1.64. The number of aromatic nitrogens is 1. The SMILES string of the molecule is NS(=O)(=O)c1ccc2[nH]c(=O)cc(C(F)(F)F)c2c1. The molecule has 0 unspecified atom stereocenters. The number of H-pyrrole nitrogens is 1. The molecule has 1 heterocycles. The first-order valence-corrected chi connectivity index (χ1v) is 6.41. The Labute approximate surface area is 104 Å². The molecule has 0 aliphatic rings. The van der Waals surface area contributed by atoms with Crippen LogP contribution >= 0.6 is 0 Å². The van der Waals surface area contributed by atoms with Crippen molar-refractivity contribution in [1.82, 2.24) is 4.98 Å². The Kier molecular flexibility index (Phi) is 2.90. The number of nitrogens with one attached hydrogen (secondary N) is 1. The zero-order chi connectivity index (χ0) is 14.4. The van der Waals surface area contributed by atoms with E-state index < -0.39 is 37.6 Å². The van der Waals surface area contributed by atoms with Crippen LogP contribution in [0.1, 0.15) is 5.56 Å². The van der Waals surface area contributed by atoms with Gasteiger partial charge in [0.15, 0.2) is 0 Å². The minimum absolute atomic E-state index is 0.118. The van der Waals surface area contributed by atoms with E-state index >= 15 is 0 Å². The maximum Gasteiger partial charge on any atom is 0.417 e. The molecular weight excluding hydrogens is 285 g/mol. The molecule has 102 valence electrons. The molecule has 2 rings (SSSR count). The third-order valence-corrected chi connectivity index (χ3v) is 3.36. The lowest BCUT2D eigenvalue weighted by molar-refractivity contribution is -0.136. The van der Waals surface area contributed by atoms with Gasteiger partial charge in [0.2, 0.25) is 15.6 Å². The fourth-order valence-corrected chi connectivity index (χ4v) is 2.18. The van der Waals surface area contributed by atoms with Gasteiger partial charge in [0.25, 0.3) is 0 Å². The van der Waals surface area contributed by atoms with Crippen LogP contribution in [0.5, 0.6) is 0 Å². The Morgan fingerprint density at radius 2 is 1.79 bits per heavy atom. The lowest BCUT2D eigenvalue weighted by atomic mass is 10.1. The number of rotatable bonds is 1. The smallest absolute Gasteiger partial charge is 0.322 e. The molecule has 0 aliphatic heterocycles. The Hall–Kier alpha value is -1.87. The van der Waals surface area contributed by atoms with Crippen LogP contribution < -0.4 is 10.7 Å². The maximum absolute atomic E-state index is 12.8. The first-order valence-electron chi connectivity index (χ1n) is 4.86. The summed E-state index contributed by atoms with van der Waals surface area (Å²) in [5.74, 6) is 0. The molecule has 0 saturated heterocycles. The van der Waals surface area contributed by atoms with Gasteiger partial charge in [-0.15, -0.1) is 0 Å². The molecule has 0 fully saturated rings. The number of benzene rings is 1. The molecule has 3 N–H and O–H groups in total. The number of alkyl halides is 3. The predicted molar refractivity (Wildman–Crippen MR) is 60.9 cm³/mol. The van der Waals surface area contributed by atoms with Gasteiger partial charge in [-0.25, -0.2) is 13.6 Å². The summed E-state index contributed by atoms with van der Waals surface area (Å²) in [6, 6.07) is 3.23. The van der Waals surface area contributed by atoms with Gasteiger partial charge in [0, 0.05) is 17.0 Å². The van der Waals surface area contributed by atoms with Crippen molar-refractivity contribution in [2.45, 2.75) is 11.1 Å². The minimum Gasteiger partial charge on any atom is -0.322 e. The number of hydrogen-bond donors (Lipinski definition) is 2. The van der Waals surface area contributed by atoms with Gasteiger partial charge < -0.3 is 4.98 Å². The van der Waals surface area contributed by atoms with Crippen molar-refractivity contribution in [2.75, 3.05) is 0 Å². The molecule has 0 radical (unpaired) electrons. The van der Waals surface area contributed by atoms with Gasteiger partial charge in [-0.05, 0) is 18.2 Å². The van der Waals surface area contributed by atoms with Crippen LogP contribution in [-0.2, 0) is 16.2 Å². The summed E-state index contributed by atoms with van der Waals surface area (Å²) in [5.41, 5.74) is -2.26. The normalized spacial score (nSPS) is 12.8. The van der Waals surface area contributed by atoms with Crippen molar-refractivity contribution in [3.8, 4) is 0 Å². The summed E-state index contributed by atoms with van der Waals surface area (Å²) < 4.78 is 60.6. The van der Waals surface area contributed by atoms with Crippen molar-refractivity contribution >= 4 is 20.9 Å². The topological polar surface area (TPSA) is 93.0 Å². The van der Waals surface area contributed by atoms with E-state index in [1.807, 2.05) is 0 Å². The van der Waals surface area contributed by atoms with Gasteiger partial charge >= 0.3 is 6.18 Å². The Morgan fingerprint density at radius 1 is 1.16 bits per heavy atom. The third-order valence-electron chi connectivity index (χ3n) is 2.45. The van der Waals surface area contributed by atoms with E-state index in [1.165, 1.54) is 0 Å². The molecule has 0 amide bonds. The molecular formula is C10H7F3N2O3S. The van der Waals surface area contributed by atoms with Crippen LogP contribution in [0, 0.1) is 0 Å². The third kappa shape index (κ3) is 2.61. The quantitative estimate of drug-likeness (QED) is 0.827. The Balaban J connectivity index is 2.92. The first kappa shape index (κ1) is 13.6. The van der Waals surface area contributed by atoms with E-state index in [0.717, 1.165) is 18.2 Å². The second kappa shape index (κ2) is 4.07. The van der Waals surface area contributed by atoms with Crippen molar-refractivity contribution in [3.63, 3.8) is 0 Å². The summed E-state index contributed by atoms with van der Waals surface area (Å²) in [6.45, 7) is 0. The summed E-state index contributed by atoms with van der Waals surface area (Å²) in [7, 11) is -4.13. The summed E-state index contributed by atoms with van der Waals surface area (Å²) in [6.07, 6.45) is -4.77. The summed E-state index contributed by atoms with van der Waals surface area (Å²) in [4.78, 5) is 12.9. The summed E-state index contributed by atoms with van der Waals surface area (Å²) >= 11 is 0. The molecule has 19 heavy (non-hydrogen) atoms. The second-order valence-corrected chi connectivity index (χ2v) is 5.36. The van der Waals surface area contributed by atoms with Crippen LogP contribution in [0.25, 0.3) is 10.9 Å². The number of halogens is 3. The molecule has 9 heteroatoms. The average Bonchev–Trinajstić information content (AvgIpc) is 2.24. The van der Waals surface area contributed by atoms with E-state index in [4.69, 9.17) is 5.14 Å². The van der Waals surface area contributed by atoms with Gasteiger partial charge in [0.05, 0.1) is 10.5 Å². The number of sulfonamides is 1. The molecule has 1 aromatic heterocycles. The van der Waals surface area contributed by atoms with E-state index in [-0.39, 0.29) is 5.52 Å². The van der Waals surface area contributed by atoms with Crippen LogP contribution in [0.3, 0.4) is 0 Å². The second-order valence-electron chi connectivity index (χ2n) is 3.80. The van der Waals surface area contributed by atoms with Crippen LogP contribution in [0.2, 0.25) is 0 Å². The maximum atomic E-state index is 12.8. The van der Waals surface area contributed by atoms with Gasteiger partial charge in [0.1, 0.15) is 0 Å². The van der Waals surface area contributed by atoms with Gasteiger partial charge in [-0.1, -0.05) is 0 Å². The van der Waals surface area contributed by atoms with Crippen molar-refractivity contribution in [3.05, 3.63) is 40.2 Å². The van der Waals surface area contributed by atoms with Crippen LogP contribution in [0.15, 0.2) is 34.0 Å². The van der Waals surface area contributed by atoms with E-state index in [0.29, 0.717) is 6.07 Å². The van der Waals surface area contributed by atoms with Crippen LogP contribution in [0.4, 0.5) is 13.2 Å². The van der Waals surface area contributed by atoms with E-state index in [9.17, 15) is 26.4 Å². The van der Waals surface area contributed by atoms with Crippen molar-refractivity contribution in [2.24, 2.45) is 5.14 Å². The molecule has 2 aromatic rings. The Bertz CT molecular complexity index is 809. The largest absolute Gasteiger partial charge is 0.417 e. The molecule has 0 spiro atoms. The molecule has 0 atom stereocenters. The van der Waals surface area contributed by atoms with Gasteiger partial charge in [-0.2, -0.15) is 13.2 Å². The fraction of sp³-hybridized carbons (Fsp3) is 0.100.